The van der Waals surface area contributed by atoms with E-state index in [0.717, 1.165) is 39.0 Å². The monoisotopic (exact) mass is 184 g/mol. The number of nitrogens with zero attached hydrogens (tertiary/aromatic N) is 2. The second-order valence-corrected chi connectivity index (χ2v) is 3.73. The summed E-state index contributed by atoms with van der Waals surface area (Å²) in [6.07, 6.45) is 1.69. The zero-order chi connectivity index (χ0) is 9.68. The van der Waals surface area contributed by atoms with Crippen LogP contribution < -0.4 is 0 Å². The molecule has 1 aliphatic rings. The van der Waals surface area contributed by atoms with E-state index in [1.54, 1.807) is 0 Å². The lowest BCUT2D eigenvalue weighted by atomic mass is 10.2. The van der Waals surface area contributed by atoms with Crippen LogP contribution in [0.15, 0.2) is 0 Å². The van der Waals surface area contributed by atoms with Gasteiger partial charge in [-0.2, -0.15) is 0 Å². The van der Waals surface area contributed by atoms with E-state index in [0.29, 0.717) is 12.5 Å². The molecule has 0 aromatic carbocycles. The van der Waals surface area contributed by atoms with Crippen LogP contribution in [0.3, 0.4) is 0 Å². The lowest BCUT2D eigenvalue weighted by Gasteiger charge is -2.39. The Morgan fingerprint density at radius 3 is 2.77 bits per heavy atom. The lowest BCUT2D eigenvalue weighted by molar-refractivity contribution is -0.108. The third-order valence-corrected chi connectivity index (χ3v) is 2.83. The molecule has 1 atom stereocenters. The van der Waals surface area contributed by atoms with Crippen LogP contribution in [-0.2, 0) is 4.79 Å². The number of rotatable bonds is 4. The van der Waals surface area contributed by atoms with E-state index < -0.39 is 0 Å². The smallest absolute Gasteiger partial charge is 0.121 e. The van der Waals surface area contributed by atoms with Gasteiger partial charge in [0.15, 0.2) is 0 Å². The van der Waals surface area contributed by atoms with Crippen molar-refractivity contribution in [3.05, 3.63) is 0 Å². The first-order valence-electron chi connectivity index (χ1n) is 5.18. The van der Waals surface area contributed by atoms with Gasteiger partial charge in [0, 0.05) is 38.6 Å². The standard InChI is InChI=1S/C10H20N2O/c1-3-11-6-7-12(5-4-8-13)10(2)9-11/h8,10H,3-7,9H2,1-2H3. The molecule has 3 nitrogen and oxygen atoms in total. The van der Waals surface area contributed by atoms with Gasteiger partial charge in [0.05, 0.1) is 0 Å². The summed E-state index contributed by atoms with van der Waals surface area (Å²) in [5.74, 6) is 0. The third kappa shape index (κ3) is 3.08. The minimum absolute atomic E-state index is 0.605. The predicted molar refractivity (Wildman–Crippen MR) is 53.8 cm³/mol. The van der Waals surface area contributed by atoms with Gasteiger partial charge in [-0.15, -0.1) is 0 Å². The second kappa shape index (κ2) is 5.35. The summed E-state index contributed by atoms with van der Waals surface area (Å²) in [6.45, 7) is 9.94. The van der Waals surface area contributed by atoms with Crippen LogP contribution in [0.4, 0.5) is 0 Å². The predicted octanol–water partition coefficient (Wildman–Crippen LogP) is 0.601. The fraction of sp³-hybridized carbons (Fsp3) is 0.900. The summed E-state index contributed by atoms with van der Waals surface area (Å²) in [6, 6.07) is 0.605. The van der Waals surface area contributed by atoms with Crippen molar-refractivity contribution in [2.24, 2.45) is 0 Å². The molecule has 0 saturated carbocycles. The van der Waals surface area contributed by atoms with Crippen LogP contribution in [0.25, 0.3) is 0 Å². The Labute approximate surface area is 80.7 Å². The summed E-state index contributed by atoms with van der Waals surface area (Å²) in [7, 11) is 0. The number of carbonyl (C=O) groups excluding carboxylic acids is 1. The molecule has 0 radical (unpaired) electrons. The van der Waals surface area contributed by atoms with Gasteiger partial charge in [-0.25, -0.2) is 0 Å². The van der Waals surface area contributed by atoms with Gasteiger partial charge in [0.25, 0.3) is 0 Å². The minimum atomic E-state index is 0.605. The molecule has 3 heteroatoms. The molecule has 1 unspecified atom stereocenters. The maximum Gasteiger partial charge on any atom is 0.121 e. The number of carbonyl (C=O) groups is 1. The first kappa shape index (κ1) is 10.7. The average molecular weight is 184 g/mol. The summed E-state index contributed by atoms with van der Waals surface area (Å²) in [5.41, 5.74) is 0. The van der Waals surface area contributed by atoms with Gasteiger partial charge >= 0.3 is 0 Å². The normalized spacial score (nSPS) is 26.2. The Morgan fingerprint density at radius 2 is 2.23 bits per heavy atom. The Hall–Kier alpha value is -0.410. The Morgan fingerprint density at radius 1 is 1.46 bits per heavy atom. The van der Waals surface area contributed by atoms with Gasteiger partial charge in [0.2, 0.25) is 0 Å². The number of hydrogen-bond donors (Lipinski definition) is 0. The summed E-state index contributed by atoms with van der Waals surface area (Å²) >= 11 is 0. The van der Waals surface area contributed by atoms with Crippen molar-refractivity contribution in [1.29, 1.82) is 0 Å². The van der Waals surface area contributed by atoms with E-state index in [9.17, 15) is 4.79 Å². The highest BCUT2D eigenvalue weighted by atomic mass is 16.1. The molecule has 0 aromatic heterocycles. The highest BCUT2D eigenvalue weighted by Crippen LogP contribution is 2.08. The summed E-state index contributed by atoms with van der Waals surface area (Å²) in [4.78, 5) is 15.1. The fourth-order valence-electron chi connectivity index (χ4n) is 1.91. The highest BCUT2D eigenvalue weighted by Gasteiger charge is 2.21. The third-order valence-electron chi connectivity index (χ3n) is 2.83. The summed E-state index contributed by atoms with van der Waals surface area (Å²) < 4.78 is 0. The van der Waals surface area contributed by atoms with Crippen LogP contribution in [0.5, 0.6) is 0 Å². The molecular weight excluding hydrogens is 164 g/mol. The molecule has 0 aliphatic carbocycles. The van der Waals surface area contributed by atoms with Crippen LogP contribution in [0.2, 0.25) is 0 Å². The largest absolute Gasteiger partial charge is 0.303 e. The van der Waals surface area contributed by atoms with Crippen molar-refractivity contribution in [2.45, 2.75) is 26.3 Å². The Balaban J connectivity index is 2.30. The van der Waals surface area contributed by atoms with E-state index in [4.69, 9.17) is 0 Å². The Kier molecular flexibility index (Phi) is 4.39. The lowest BCUT2D eigenvalue weighted by Crippen LogP contribution is -2.51. The molecule has 1 saturated heterocycles. The maximum absolute atomic E-state index is 10.2. The Bertz CT molecular complexity index is 161. The fourth-order valence-corrected chi connectivity index (χ4v) is 1.91. The molecule has 0 amide bonds. The van der Waals surface area contributed by atoms with Gasteiger partial charge in [-0.1, -0.05) is 6.92 Å². The number of likely N-dealkylation sites (N-methyl/N-ethyl adjacent to an activating group) is 1. The van der Waals surface area contributed by atoms with Gasteiger partial charge in [-0.3, -0.25) is 4.90 Å². The van der Waals surface area contributed by atoms with E-state index in [1.165, 1.54) is 0 Å². The van der Waals surface area contributed by atoms with Gasteiger partial charge in [-0.05, 0) is 13.5 Å². The van der Waals surface area contributed by atoms with Crippen molar-refractivity contribution in [2.75, 3.05) is 32.7 Å². The minimum Gasteiger partial charge on any atom is -0.303 e. The molecule has 13 heavy (non-hydrogen) atoms. The van der Waals surface area contributed by atoms with Crippen molar-refractivity contribution in [3.8, 4) is 0 Å². The van der Waals surface area contributed by atoms with E-state index in [1.807, 2.05) is 0 Å². The molecule has 0 spiro atoms. The summed E-state index contributed by atoms with van der Waals surface area (Å²) in [5, 5.41) is 0. The van der Waals surface area contributed by atoms with Crippen LogP contribution in [-0.4, -0.2) is 54.9 Å². The first-order chi connectivity index (χ1) is 6.27. The molecule has 1 rings (SSSR count). The SMILES string of the molecule is CCN1CCN(CCC=O)C(C)C1. The average Bonchev–Trinajstić information content (AvgIpc) is 2.16. The van der Waals surface area contributed by atoms with Gasteiger partial charge < -0.3 is 9.69 Å². The molecule has 0 aromatic rings. The van der Waals surface area contributed by atoms with Crippen LogP contribution in [0.1, 0.15) is 20.3 Å². The zero-order valence-electron chi connectivity index (χ0n) is 8.70. The maximum atomic E-state index is 10.2. The molecule has 1 aliphatic heterocycles. The molecule has 0 N–H and O–H groups in total. The van der Waals surface area contributed by atoms with Crippen molar-refractivity contribution < 1.29 is 4.79 Å². The van der Waals surface area contributed by atoms with Crippen LogP contribution in [0, 0.1) is 0 Å². The van der Waals surface area contributed by atoms with Crippen molar-refractivity contribution in [1.82, 2.24) is 9.80 Å². The van der Waals surface area contributed by atoms with E-state index in [2.05, 4.69) is 23.6 Å². The molecule has 76 valence electrons. The molecule has 1 fully saturated rings. The highest BCUT2D eigenvalue weighted by molar-refractivity contribution is 5.49. The van der Waals surface area contributed by atoms with E-state index in [-0.39, 0.29) is 0 Å². The van der Waals surface area contributed by atoms with Crippen molar-refractivity contribution >= 4 is 6.29 Å². The quantitative estimate of drug-likeness (QED) is 0.598. The zero-order valence-corrected chi connectivity index (χ0v) is 8.70. The number of hydrogen-bond acceptors (Lipinski definition) is 3. The van der Waals surface area contributed by atoms with Crippen LogP contribution >= 0.6 is 0 Å². The molecular formula is C10H20N2O. The molecule has 0 bridgehead atoms. The second-order valence-electron chi connectivity index (χ2n) is 3.73. The van der Waals surface area contributed by atoms with Gasteiger partial charge in [0.1, 0.15) is 6.29 Å². The number of piperazine rings is 1. The number of aldehydes is 1. The topological polar surface area (TPSA) is 23.6 Å². The first-order valence-corrected chi connectivity index (χ1v) is 5.18. The van der Waals surface area contributed by atoms with Crippen molar-refractivity contribution in [3.63, 3.8) is 0 Å². The van der Waals surface area contributed by atoms with E-state index >= 15 is 0 Å². The molecule has 1 heterocycles.